The summed E-state index contributed by atoms with van der Waals surface area (Å²) in [6, 6.07) is 0. The van der Waals surface area contributed by atoms with Crippen LogP contribution in [0.25, 0.3) is 0 Å². The van der Waals surface area contributed by atoms with Crippen LogP contribution in [0.15, 0.2) is 0 Å². The monoisotopic (exact) mass is 189 g/mol. The highest BCUT2D eigenvalue weighted by Crippen LogP contribution is 1.94. The van der Waals surface area contributed by atoms with Gasteiger partial charge in [0.15, 0.2) is 0 Å². The molecule has 1 aliphatic rings. The summed E-state index contributed by atoms with van der Waals surface area (Å²) in [4.78, 5) is 2.35. The van der Waals surface area contributed by atoms with E-state index < -0.39 is 0 Å². The van der Waals surface area contributed by atoms with Gasteiger partial charge in [-0.25, -0.2) is 0 Å². The molecule has 3 nitrogen and oxygen atoms in total. The normalized spacial score (nSPS) is 17.8. The summed E-state index contributed by atoms with van der Waals surface area (Å²) in [5, 5.41) is 0. The third-order valence-corrected chi connectivity index (χ3v) is 1.72. The molecule has 0 aromatic carbocycles. The fourth-order valence-corrected chi connectivity index (χ4v) is 1.05. The fraction of sp³-hybridized carbons (Fsp3) is 1.00. The first kappa shape index (κ1) is 12.9. The number of nitrogens with zero attached hydrogens (tertiary/aromatic N) is 1. The number of hydrogen-bond donors (Lipinski definition) is 0. The first-order valence-electron chi connectivity index (χ1n) is 5.14. The standard InChI is InChI=1S/C7H15NO2.C3H8/c1-9-5-2-8-3-6-10-7-4-8;1-3-2/h2-7H2,1H3;3H2,1-2H3. The predicted molar refractivity (Wildman–Crippen MR) is 55.1 cm³/mol. The number of ether oxygens (including phenoxy) is 2. The topological polar surface area (TPSA) is 21.7 Å². The van der Waals surface area contributed by atoms with Crippen LogP contribution in [0, 0.1) is 0 Å². The van der Waals surface area contributed by atoms with Crippen LogP contribution in [0.5, 0.6) is 0 Å². The van der Waals surface area contributed by atoms with E-state index >= 15 is 0 Å². The first-order valence-corrected chi connectivity index (χ1v) is 5.14. The van der Waals surface area contributed by atoms with E-state index in [0.29, 0.717) is 0 Å². The van der Waals surface area contributed by atoms with Crippen LogP contribution in [0.4, 0.5) is 0 Å². The molecule has 0 N–H and O–H groups in total. The minimum atomic E-state index is 0.833. The second-order valence-electron chi connectivity index (χ2n) is 3.15. The zero-order valence-electron chi connectivity index (χ0n) is 9.21. The number of methoxy groups -OCH3 is 1. The van der Waals surface area contributed by atoms with Gasteiger partial charge in [-0.05, 0) is 0 Å². The Labute approximate surface area is 82.0 Å². The van der Waals surface area contributed by atoms with Crippen LogP contribution in [0.2, 0.25) is 0 Å². The predicted octanol–water partition coefficient (Wildman–Crippen LogP) is 1.38. The summed E-state index contributed by atoms with van der Waals surface area (Å²) in [6.45, 7) is 10.0. The maximum atomic E-state index is 5.20. The molecule has 0 aliphatic carbocycles. The molecule has 0 radical (unpaired) electrons. The second kappa shape index (κ2) is 9.96. The van der Waals surface area contributed by atoms with E-state index in [9.17, 15) is 0 Å². The maximum Gasteiger partial charge on any atom is 0.0594 e. The Balaban J connectivity index is 0.000000424. The lowest BCUT2D eigenvalue weighted by molar-refractivity contribution is 0.0263. The summed E-state index contributed by atoms with van der Waals surface area (Å²) in [7, 11) is 1.74. The lowest BCUT2D eigenvalue weighted by atomic mass is 10.4. The van der Waals surface area contributed by atoms with Gasteiger partial charge in [-0.3, -0.25) is 4.90 Å². The molecule has 0 unspecified atom stereocenters. The van der Waals surface area contributed by atoms with Crippen LogP contribution < -0.4 is 0 Å². The van der Waals surface area contributed by atoms with Crippen molar-refractivity contribution < 1.29 is 9.47 Å². The highest BCUT2D eigenvalue weighted by molar-refractivity contribution is 4.60. The molecule has 1 saturated heterocycles. The molecule has 1 fully saturated rings. The van der Waals surface area contributed by atoms with Crippen LogP contribution in [0.1, 0.15) is 20.3 Å². The van der Waals surface area contributed by atoms with Crippen molar-refractivity contribution >= 4 is 0 Å². The Morgan fingerprint density at radius 2 is 1.77 bits per heavy atom. The summed E-state index contributed by atoms with van der Waals surface area (Å²) in [5.74, 6) is 0. The third-order valence-electron chi connectivity index (χ3n) is 1.72. The third kappa shape index (κ3) is 8.22. The van der Waals surface area contributed by atoms with E-state index in [4.69, 9.17) is 9.47 Å². The molecule has 1 rings (SSSR count). The molecule has 3 heteroatoms. The molecule has 0 aromatic heterocycles. The molecule has 1 heterocycles. The van der Waals surface area contributed by atoms with Crippen molar-refractivity contribution in [3.63, 3.8) is 0 Å². The molecule has 1 aliphatic heterocycles. The number of morpholine rings is 1. The molecular weight excluding hydrogens is 166 g/mol. The van der Waals surface area contributed by atoms with Gasteiger partial charge in [0.05, 0.1) is 19.8 Å². The first-order chi connectivity index (χ1) is 6.35. The molecule has 0 saturated carbocycles. The van der Waals surface area contributed by atoms with Crippen molar-refractivity contribution in [3.8, 4) is 0 Å². The van der Waals surface area contributed by atoms with Crippen molar-refractivity contribution in [1.29, 1.82) is 0 Å². The van der Waals surface area contributed by atoms with E-state index in [1.54, 1.807) is 7.11 Å². The van der Waals surface area contributed by atoms with Crippen molar-refractivity contribution in [1.82, 2.24) is 4.90 Å². The Hall–Kier alpha value is -0.120. The minimum absolute atomic E-state index is 0.833. The van der Waals surface area contributed by atoms with E-state index in [1.165, 1.54) is 6.42 Å². The largest absolute Gasteiger partial charge is 0.383 e. The van der Waals surface area contributed by atoms with Crippen molar-refractivity contribution in [2.24, 2.45) is 0 Å². The maximum absolute atomic E-state index is 5.20. The Kier molecular flexibility index (Phi) is 9.87. The van der Waals surface area contributed by atoms with Gasteiger partial charge in [0.1, 0.15) is 0 Å². The quantitative estimate of drug-likeness (QED) is 0.669. The second-order valence-corrected chi connectivity index (χ2v) is 3.15. The number of hydrogen-bond acceptors (Lipinski definition) is 3. The van der Waals surface area contributed by atoms with Gasteiger partial charge in [-0.15, -0.1) is 0 Å². The highest BCUT2D eigenvalue weighted by Gasteiger charge is 2.08. The van der Waals surface area contributed by atoms with Gasteiger partial charge in [0, 0.05) is 26.7 Å². The van der Waals surface area contributed by atoms with Gasteiger partial charge < -0.3 is 9.47 Å². The lowest BCUT2D eigenvalue weighted by Gasteiger charge is -2.25. The molecule has 0 aromatic rings. The van der Waals surface area contributed by atoms with Gasteiger partial charge in [-0.1, -0.05) is 20.3 Å². The molecule has 0 spiro atoms. The zero-order chi connectivity index (χ0) is 9.94. The van der Waals surface area contributed by atoms with E-state index in [2.05, 4.69) is 18.7 Å². The lowest BCUT2D eigenvalue weighted by Crippen LogP contribution is -2.38. The molecular formula is C10H23NO2. The summed E-state index contributed by atoms with van der Waals surface area (Å²) < 4.78 is 10.2. The van der Waals surface area contributed by atoms with Gasteiger partial charge in [0.2, 0.25) is 0 Å². The van der Waals surface area contributed by atoms with E-state index in [0.717, 1.165) is 39.5 Å². The van der Waals surface area contributed by atoms with Crippen LogP contribution >= 0.6 is 0 Å². The molecule has 0 amide bonds. The van der Waals surface area contributed by atoms with Crippen molar-refractivity contribution in [2.75, 3.05) is 46.6 Å². The van der Waals surface area contributed by atoms with Crippen LogP contribution in [-0.4, -0.2) is 51.5 Å². The van der Waals surface area contributed by atoms with Crippen molar-refractivity contribution in [3.05, 3.63) is 0 Å². The van der Waals surface area contributed by atoms with E-state index in [1.807, 2.05) is 0 Å². The SMILES string of the molecule is CCC.COCCN1CCOCC1. The average molecular weight is 189 g/mol. The van der Waals surface area contributed by atoms with Crippen LogP contribution in [-0.2, 0) is 9.47 Å². The number of rotatable bonds is 3. The highest BCUT2D eigenvalue weighted by atomic mass is 16.5. The average Bonchev–Trinajstić information content (AvgIpc) is 2.18. The van der Waals surface area contributed by atoms with E-state index in [-0.39, 0.29) is 0 Å². The van der Waals surface area contributed by atoms with Gasteiger partial charge >= 0.3 is 0 Å². The zero-order valence-corrected chi connectivity index (χ0v) is 9.21. The Morgan fingerprint density at radius 1 is 1.23 bits per heavy atom. The molecule has 80 valence electrons. The minimum Gasteiger partial charge on any atom is -0.383 e. The molecule has 0 bridgehead atoms. The molecule has 0 atom stereocenters. The Morgan fingerprint density at radius 3 is 2.23 bits per heavy atom. The fourth-order valence-electron chi connectivity index (χ4n) is 1.05. The Bertz CT molecular complexity index is 92.9. The van der Waals surface area contributed by atoms with Crippen molar-refractivity contribution in [2.45, 2.75) is 20.3 Å². The van der Waals surface area contributed by atoms with Gasteiger partial charge in [-0.2, -0.15) is 0 Å². The smallest absolute Gasteiger partial charge is 0.0594 e. The summed E-state index contributed by atoms with van der Waals surface area (Å²) in [5.41, 5.74) is 0. The van der Waals surface area contributed by atoms with Gasteiger partial charge in [0.25, 0.3) is 0 Å². The summed E-state index contributed by atoms with van der Waals surface area (Å²) in [6.07, 6.45) is 1.25. The van der Waals surface area contributed by atoms with Crippen LogP contribution in [0.3, 0.4) is 0 Å². The molecule has 13 heavy (non-hydrogen) atoms. The summed E-state index contributed by atoms with van der Waals surface area (Å²) >= 11 is 0.